The Kier molecular flexibility index (Phi) is 7.27. The Bertz CT molecular complexity index is 3180. The summed E-state index contributed by atoms with van der Waals surface area (Å²) in [6.07, 6.45) is 9.22. The fourth-order valence-electron chi connectivity index (χ4n) is 10.1. The molecule has 3 aliphatic rings. The number of fused-ring (bicyclic) bond motifs is 12. The van der Waals surface area contributed by atoms with Crippen LogP contribution in [0.4, 0.5) is 0 Å². The quantitative estimate of drug-likeness (QED) is 0.169. The van der Waals surface area contributed by atoms with Crippen LogP contribution >= 0.6 is 0 Å². The largest absolute Gasteiger partial charge is 0.457 e. The van der Waals surface area contributed by atoms with Crippen molar-refractivity contribution < 1.29 is 4.74 Å². The standard InChI is InChI=1S/C55H36N2O/c1-2-15-36(16-3-1)54-56-50(39-28-30-42-37(32-39)27-26-35-14-4-5-17-40(35)42)34-51(57-54)45-21-7-6-18-41(45)38-29-31-53-49(33-38)55(48-24-12-13-25-52(48)58-53)46-22-10-8-19-43(46)44-20-9-11-23-47(44)55/h1-34,43,46H. The van der Waals surface area contributed by atoms with Crippen molar-refractivity contribution in [3.63, 3.8) is 0 Å². The highest BCUT2D eigenvalue weighted by molar-refractivity contribution is 6.08. The lowest BCUT2D eigenvalue weighted by molar-refractivity contribution is 0.374. The van der Waals surface area contributed by atoms with Gasteiger partial charge in [-0.2, -0.15) is 0 Å². The molecule has 272 valence electrons. The van der Waals surface area contributed by atoms with Crippen molar-refractivity contribution in [3.05, 3.63) is 229 Å². The molecule has 58 heavy (non-hydrogen) atoms. The third-order valence-electron chi connectivity index (χ3n) is 12.6. The summed E-state index contributed by atoms with van der Waals surface area (Å²) in [6, 6.07) is 65.2. The molecule has 0 amide bonds. The van der Waals surface area contributed by atoms with Crippen molar-refractivity contribution in [1.29, 1.82) is 0 Å². The molecule has 8 aromatic carbocycles. The second-order valence-electron chi connectivity index (χ2n) is 15.6. The minimum Gasteiger partial charge on any atom is -0.457 e. The molecule has 1 aliphatic heterocycles. The summed E-state index contributed by atoms with van der Waals surface area (Å²) in [5.74, 6) is 2.98. The first-order valence-electron chi connectivity index (χ1n) is 20.1. The van der Waals surface area contributed by atoms with Crippen LogP contribution in [0.15, 0.2) is 206 Å². The van der Waals surface area contributed by atoms with Gasteiger partial charge in [0.15, 0.2) is 5.82 Å². The summed E-state index contributed by atoms with van der Waals surface area (Å²) >= 11 is 0. The van der Waals surface area contributed by atoms with Gasteiger partial charge in [-0.3, -0.25) is 0 Å². The maximum absolute atomic E-state index is 6.79. The number of ether oxygens (including phenoxy) is 1. The lowest BCUT2D eigenvalue weighted by atomic mass is 9.61. The van der Waals surface area contributed by atoms with Crippen molar-refractivity contribution >= 4 is 21.5 Å². The van der Waals surface area contributed by atoms with Gasteiger partial charge in [-0.05, 0) is 74.1 Å². The maximum atomic E-state index is 6.79. The van der Waals surface area contributed by atoms with Crippen LogP contribution in [-0.4, -0.2) is 9.97 Å². The molecule has 2 heterocycles. The van der Waals surface area contributed by atoms with Crippen LogP contribution in [0.25, 0.3) is 66.6 Å². The van der Waals surface area contributed by atoms with Crippen LogP contribution in [0.5, 0.6) is 11.5 Å². The highest BCUT2D eigenvalue weighted by Gasteiger charge is 2.56. The molecule has 1 aromatic heterocycles. The van der Waals surface area contributed by atoms with Gasteiger partial charge in [-0.1, -0.05) is 176 Å². The number of para-hydroxylation sites is 1. The highest BCUT2D eigenvalue weighted by Crippen LogP contribution is 2.64. The molecule has 1 spiro atoms. The number of allylic oxidation sites excluding steroid dienone is 4. The first-order valence-corrected chi connectivity index (χ1v) is 20.1. The van der Waals surface area contributed by atoms with Crippen LogP contribution in [0.1, 0.15) is 28.2 Å². The lowest BCUT2D eigenvalue weighted by Gasteiger charge is -2.43. The molecule has 2 aliphatic carbocycles. The number of hydrogen-bond donors (Lipinski definition) is 0. The number of rotatable bonds is 4. The minimum atomic E-state index is -0.429. The van der Waals surface area contributed by atoms with Crippen LogP contribution in [0.2, 0.25) is 0 Å². The number of nitrogens with zero attached hydrogens (tertiary/aromatic N) is 2. The van der Waals surface area contributed by atoms with E-state index in [-0.39, 0.29) is 11.8 Å². The Morgan fingerprint density at radius 1 is 0.431 bits per heavy atom. The highest BCUT2D eigenvalue weighted by atomic mass is 16.5. The van der Waals surface area contributed by atoms with Crippen molar-refractivity contribution in [2.24, 2.45) is 5.92 Å². The Labute approximate surface area is 337 Å². The average Bonchev–Trinajstić information content (AvgIpc) is 3.59. The summed E-state index contributed by atoms with van der Waals surface area (Å²) in [4.78, 5) is 10.5. The van der Waals surface area contributed by atoms with Crippen LogP contribution in [0.3, 0.4) is 0 Å². The van der Waals surface area contributed by atoms with Crippen LogP contribution in [0, 0.1) is 5.92 Å². The molecule has 3 nitrogen and oxygen atoms in total. The number of hydrogen-bond acceptors (Lipinski definition) is 3. The molecule has 0 N–H and O–H groups in total. The summed E-state index contributed by atoms with van der Waals surface area (Å²) < 4.78 is 6.79. The van der Waals surface area contributed by atoms with E-state index in [0.29, 0.717) is 5.82 Å². The summed E-state index contributed by atoms with van der Waals surface area (Å²) in [5.41, 5.74) is 11.8. The molecule has 0 fully saturated rings. The normalized spacial score (nSPS) is 18.4. The number of aromatic nitrogens is 2. The lowest BCUT2D eigenvalue weighted by Crippen LogP contribution is -2.37. The molecule has 3 unspecified atom stereocenters. The summed E-state index contributed by atoms with van der Waals surface area (Å²) in [6.45, 7) is 0. The predicted molar refractivity (Wildman–Crippen MR) is 236 cm³/mol. The molecule has 12 rings (SSSR count). The topological polar surface area (TPSA) is 35.0 Å². The first-order chi connectivity index (χ1) is 28.7. The van der Waals surface area contributed by atoms with E-state index in [9.17, 15) is 0 Å². The fourth-order valence-corrected chi connectivity index (χ4v) is 10.1. The third kappa shape index (κ3) is 4.86. The molecule has 9 aromatic rings. The third-order valence-corrected chi connectivity index (χ3v) is 12.6. The van der Waals surface area contributed by atoms with E-state index in [1.165, 1.54) is 43.8 Å². The van der Waals surface area contributed by atoms with Crippen LogP contribution in [-0.2, 0) is 5.41 Å². The molecule has 3 heteroatoms. The van der Waals surface area contributed by atoms with Gasteiger partial charge in [0, 0.05) is 39.7 Å². The Morgan fingerprint density at radius 2 is 1.12 bits per heavy atom. The van der Waals surface area contributed by atoms with Gasteiger partial charge in [0.1, 0.15) is 11.5 Å². The molecular weight excluding hydrogens is 705 g/mol. The van der Waals surface area contributed by atoms with Gasteiger partial charge < -0.3 is 4.74 Å². The zero-order valence-electron chi connectivity index (χ0n) is 31.6. The van der Waals surface area contributed by atoms with E-state index in [4.69, 9.17) is 14.7 Å². The molecule has 0 saturated heterocycles. The van der Waals surface area contributed by atoms with Crippen molar-refractivity contribution in [2.75, 3.05) is 0 Å². The molecule has 3 atom stereocenters. The van der Waals surface area contributed by atoms with Gasteiger partial charge in [0.2, 0.25) is 0 Å². The molecule has 0 saturated carbocycles. The average molecular weight is 741 g/mol. The van der Waals surface area contributed by atoms with Gasteiger partial charge in [0.05, 0.1) is 16.8 Å². The van der Waals surface area contributed by atoms with Gasteiger partial charge >= 0.3 is 0 Å². The first kappa shape index (κ1) is 32.8. The summed E-state index contributed by atoms with van der Waals surface area (Å²) in [7, 11) is 0. The zero-order valence-corrected chi connectivity index (χ0v) is 31.6. The van der Waals surface area contributed by atoms with E-state index < -0.39 is 5.41 Å². The Morgan fingerprint density at radius 3 is 2.05 bits per heavy atom. The Hall–Kier alpha value is -7.36. The maximum Gasteiger partial charge on any atom is 0.160 e. The number of benzene rings is 8. The Balaban J connectivity index is 1.05. The minimum absolute atomic E-state index is 0.196. The van der Waals surface area contributed by atoms with E-state index in [0.717, 1.165) is 50.7 Å². The molecular formula is C55H36N2O. The van der Waals surface area contributed by atoms with Crippen molar-refractivity contribution in [1.82, 2.24) is 9.97 Å². The van der Waals surface area contributed by atoms with Crippen LogP contribution < -0.4 is 4.74 Å². The molecule has 0 radical (unpaired) electrons. The SMILES string of the molecule is C1=CC2c3ccccc3C3(c4ccccc4Oc4ccc(-c5ccccc5-c5cc(-c6ccc7c(ccc8ccccc87)c6)nc(-c6ccccc6)n5)cc43)C2C=C1. The predicted octanol–water partition coefficient (Wildman–Crippen LogP) is 13.7. The van der Waals surface area contributed by atoms with E-state index in [2.05, 4.69) is 188 Å². The van der Waals surface area contributed by atoms with Gasteiger partial charge in [0.25, 0.3) is 0 Å². The van der Waals surface area contributed by atoms with Gasteiger partial charge in [-0.25, -0.2) is 9.97 Å². The van der Waals surface area contributed by atoms with E-state index in [1.54, 1.807) is 0 Å². The van der Waals surface area contributed by atoms with Crippen molar-refractivity contribution in [2.45, 2.75) is 11.3 Å². The zero-order chi connectivity index (χ0) is 38.2. The molecule has 0 bridgehead atoms. The fraction of sp³-hybridized carbons (Fsp3) is 0.0545. The smallest absolute Gasteiger partial charge is 0.160 e. The van der Waals surface area contributed by atoms with Crippen molar-refractivity contribution in [3.8, 4) is 56.5 Å². The second-order valence-corrected chi connectivity index (χ2v) is 15.6. The van der Waals surface area contributed by atoms with Gasteiger partial charge in [-0.15, -0.1) is 0 Å². The van der Waals surface area contributed by atoms with E-state index >= 15 is 0 Å². The summed E-state index contributed by atoms with van der Waals surface area (Å²) in [5, 5.41) is 4.91. The monoisotopic (exact) mass is 740 g/mol. The van der Waals surface area contributed by atoms with E-state index in [1.807, 2.05) is 18.2 Å². The second kappa shape index (κ2) is 12.8.